The van der Waals surface area contributed by atoms with Crippen LogP contribution in [0.5, 0.6) is 5.75 Å². The summed E-state index contributed by atoms with van der Waals surface area (Å²) in [6.45, 7) is 3.57. The number of hydrogen-bond donors (Lipinski definition) is 2. The Balaban J connectivity index is 2.27. The highest BCUT2D eigenvalue weighted by atomic mass is 16.5. The summed E-state index contributed by atoms with van der Waals surface area (Å²) in [5.74, 6) is -0.779. The lowest BCUT2D eigenvalue weighted by molar-refractivity contribution is -0.119. The van der Waals surface area contributed by atoms with E-state index >= 15 is 0 Å². The summed E-state index contributed by atoms with van der Waals surface area (Å²) in [4.78, 5) is 24.6. The number of anilines is 1. The lowest BCUT2D eigenvalue weighted by Gasteiger charge is -2.31. The number of ether oxygens (including phenoxy) is 1. The maximum atomic E-state index is 11.6. The molecule has 0 unspecified atom stereocenters. The number of fused-ring (bicyclic) bond motifs is 1. The Hall–Kier alpha value is -2.24. The molecule has 1 aromatic carbocycles. The number of carbonyl (C=O) groups excluding carboxylic acids is 1. The van der Waals surface area contributed by atoms with E-state index < -0.39 is 5.97 Å². The zero-order valence-electron chi connectivity index (χ0n) is 10.7. The van der Waals surface area contributed by atoms with Gasteiger partial charge in [0.05, 0.1) is 18.8 Å². The number of carboxylic acids is 1. The number of benzene rings is 1. The van der Waals surface area contributed by atoms with Crippen LogP contribution in [-0.2, 0) is 4.79 Å². The lowest BCUT2D eigenvalue weighted by atomic mass is 10.1. The number of nitrogens with zero attached hydrogens (tertiary/aromatic N) is 1. The fourth-order valence-corrected chi connectivity index (χ4v) is 2.06. The van der Waals surface area contributed by atoms with Gasteiger partial charge in [0.15, 0.2) is 5.75 Å². The van der Waals surface area contributed by atoms with Crippen LogP contribution in [0.4, 0.5) is 5.69 Å². The molecule has 0 saturated heterocycles. The van der Waals surface area contributed by atoms with E-state index in [0.717, 1.165) is 0 Å². The van der Waals surface area contributed by atoms with Crippen molar-refractivity contribution in [1.29, 1.82) is 0 Å². The largest absolute Gasteiger partial charge is 0.489 e. The SMILES string of the molecule is CCNC(=O)CN1CCOc2c(C(=O)O)cccc21. The highest BCUT2D eigenvalue weighted by Crippen LogP contribution is 2.34. The summed E-state index contributed by atoms with van der Waals surface area (Å²) < 4.78 is 5.43. The topological polar surface area (TPSA) is 78.9 Å². The molecular formula is C13H16N2O4. The number of carboxylic acid groups (broad SMARTS) is 1. The summed E-state index contributed by atoms with van der Waals surface area (Å²) in [5.41, 5.74) is 0.774. The molecule has 0 atom stereocenters. The number of likely N-dealkylation sites (N-methyl/N-ethyl adjacent to an activating group) is 1. The Morgan fingerprint density at radius 1 is 1.47 bits per heavy atom. The van der Waals surface area contributed by atoms with E-state index in [0.29, 0.717) is 31.1 Å². The quantitative estimate of drug-likeness (QED) is 0.837. The first-order valence-electron chi connectivity index (χ1n) is 6.14. The highest BCUT2D eigenvalue weighted by Gasteiger charge is 2.24. The summed E-state index contributed by atoms with van der Waals surface area (Å²) in [6, 6.07) is 4.92. The van der Waals surface area contributed by atoms with Crippen molar-refractivity contribution >= 4 is 17.6 Å². The van der Waals surface area contributed by atoms with Crippen molar-refractivity contribution in [2.24, 2.45) is 0 Å². The van der Waals surface area contributed by atoms with Gasteiger partial charge in [-0.3, -0.25) is 4.79 Å². The standard InChI is InChI=1S/C13H16N2O4/c1-2-14-11(16)8-15-6-7-19-12-9(13(17)18)4-3-5-10(12)15/h3-5H,2,6-8H2,1H3,(H,14,16)(H,17,18). The zero-order chi connectivity index (χ0) is 13.8. The number of nitrogens with one attached hydrogen (secondary N) is 1. The molecule has 1 heterocycles. The Morgan fingerprint density at radius 2 is 2.26 bits per heavy atom. The van der Waals surface area contributed by atoms with Gasteiger partial charge in [-0.05, 0) is 19.1 Å². The molecule has 19 heavy (non-hydrogen) atoms. The molecule has 0 aliphatic carbocycles. The molecule has 2 rings (SSSR count). The number of para-hydroxylation sites is 1. The first kappa shape index (κ1) is 13.2. The van der Waals surface area contributed by atoms with Crippen molar-refractivity contribution in [1.82, 2.24) is 5.32 Å². The second kappa shape index (κ2) is 5.60. The minimum absolute atomic E-state index is 0.0870. The number of hydrogen-bond acceptors (Lipinski definition) is 4. The molecule has 6 nitrogen and oxygen atoms in total. The third-order valence-corrected chi connectivity index (χ3v) is 2.88. The Labute approximate surface area is 111 Å². The molecule has 102 valence electrons. The van der Waals surface area contributed by atoms with Gasteiger partial charge >= 0.3 is 5.97 Å². The van der Waals surface area contributed by atoms with Crippen molar-refractivity contribution < 1.29 is 19.4 Å². The summed E-state index contributed by atoms with van der Waals surface area (Å²) >= 11 is 0. The molecule has 0 saturated carbocycles. The van der Waals surface area contributed by atoms with Crippen molar-refractivity contribution in [3.63, 3.8) is 0 Å². The second-order valence-corrected chi connectivity index (χ2v) is 4.18. The van der Waals surface area contributed by atoms with Crippen LogP contribution in [0.3, 0.4) is 0 Å². The molecule has 0 fully saturated rings. The van der Waals surface area contributed by atoms with Gasteiger partial charge < -0.3 is 20.1 Å². The molecule has 6 heteroatoms. The Morgan fingerprint density at radius 3 is 2.95 bits per heavy atom. The monoisotopic (exact) mass is 264 g/mol. The van der Waals surface area contributed by atoms with Gasteiger partial charge in [0.2, 0.25) is 5.91 Å². The fourth-order valence-electron chi connectivity index (χ4n) is 2.06. The van der Waals surface area contributed by atoms with Crippen LogP contribution in [0.15, 0.2) is 18.2 Å². The van der Waals surface area contributed by atoms with E-state index in [4.69, 9.17) is 9.84 Å². The van der Waals surface area contributed by atoms with Crippen LogP contribution in [0, 0.1) is 0 Å². The average Bonchev–Trinajstić information content (AvgIpc) is 2.38. The lowest BCUT2D eigenvalue weighted by Crippen LogP contribution is -2.41. The Bertz CT molecular complexity index is 501. The van der Waals surface area contributed by atoms with Gasteiger partial charge in [-0.25, -0.2) is 4.79 Å². The first-order chi connectivity index (χ1) is 9.13. The summed E-state index contributed by atoms with van der Waals surface area (Å²) in [5, 5.41) is 11.8. The molecule has 1 aliphatic rings. The third-order valence-electron chi connectivity index (χ3n) is 2.88. The maximum absolute atomic E-state index is 11.6. The van der Waals surface area contributed by atoms with Gasteiger partial charge in [-0.1, -0.05) is 6.07 Å². The average molecular weight is 264 g/mol. The van der Waals surface area contributed by atoms with E-state index in [1.54, 1.807) is 12.1 Å². The predicted octanol–water partition coefficient (Wildman–Crippen LogP) is 0.720. The number of amides is 1. The predicted molar refractivity (Wildman–Crippen MR) is 69.8 cm³/mol. The summed E-state index contributed by atoms with van der Waals surface area (Å²) in [7, 11) is 0. The third kappa shape index (κ3) is 2.78. The molecule has 1 aromatic rings. The van der Waals surface area contributed by atoms with Crippen molar-refractivity contribution in [2.75, 3.05) is 31.1 Å². The van der Waals surface area contributed by atoms with Crippen molar-refractivity contribution in [3.8, 4) is 5.75 Å². The smallest absolute Gasteiger partial charge is 0.339 e. The normalized spacial score (nSPS) is 13.4. The molecule has 0 bridgehead atoms. The minimum Gasteiger partial charge on any atom is -0.489 e. The van der Waals surface area contributed by atoms with Crippen molar-refractivity contribution in [2.45, 2.75) is 6.92 Å². The van der Waals surface area contributed by atoms with Gasteiger partial charge in [-0.15, -0.1) is 0 Å². The second-order valence-electron chi connectivity index (χ2n) is 4.18. The molecule has 1 aliphatic heterocycles. The summed E-state index contributed by atoms with van der Waals surface area (Å²) in [6.07, 6.45) is 0. The van der Waals surface area contributed by atoms with E-state index in [1.165, 1.54) is 6.07 Å². The van der Waals surface area contributed by atoms with E-state index in [1.807, 2.05) is 11.8 Å². The van der Waals surface area contributed by atoms with Gasteiger partial charge in [-0.2, -0.15) is 0 Å². The number of carbonyl (C=O) groups is 2. The van der Waals surface area contributed by atoms with Crippen LogP contribution in [0.25, 0.3) is 0 Å². The van der Waals surface area contributed by atoms with Crippen molar-refractivity contribution in [3.05, 3.63) is 23.8 Å². The molecular weight excluding hydrogens is 248 g/mol. The van der Waals surface area contributed by atoms with Crippen LogP contribution in [-0.4, -0.2) is 43.2 Å². The van der Waals surface area contributed by atoms with Gasteiger partial charge in [0.25, 0.3) is 0 Å². The molecule has 0 aromatic heterocycles. The molecule has 1 amide bonds. The van der Waals surface area contributed by atoms with Crippen LogP contribution < -0.4 is 15.0 Å². The molecule has 2 N–H and O–H groups in total. The van der Waals surface area contributed by atoms with Gasteiger partial charge in [0, 0.05) is 6.54 Å². The number of rotatable bonds is 4. The van der Waals surface area contributed by atoms with E-state index in [9.17, 15) is 9.59 Å². The molecule has 0 spiro atoms. The highest BCUT2D eigenvalue weighted by molar-refractivity contribution is 5.94. The Kier molecular flexibility index (Phi) is 3.89. The minimum atomic E-state index is -1.03. The zero-order valence-corrected chi connectivity index (χ0v) is 10.7. The van der Waals surface area contributed by atoms with Crippen LogP contribution in [0.2, 0.25) is 0 Å². The fraction of sp³-hybridized carbons (Fsp3) is 0.385. The molecule has 0 radical (unpaired) electrons. The first-order valence-corrected chi connectivity index (χ1v) is 6.14. The van der Waals surface area contributed by atoms with E-state index in [-0.39, 0.29) is 18.0 Å². The van der Waals surface area contributed by atoms with Crippen LogP contribution in [0.1, 0.15) is 17.3 Å². The number of aromatic carboxylic acids is 1. The van der Waals surface area contributed by atoms with Gasteiger partial charge in [0.1, 0.15) is 12.2 Å². The van der Waals surface area contributed by atoms with E-state index in [2.05, 4.69) is 5.32 Å². The maximum Gasteiger partial charge on any atom is 0.339 e. The van der Waals surface area contributed by atoms with Crippen LogP contribution >= 0.6 is 0 Å².